The number of carboxylic acids is 1. The SMILES string of the molecule is Cc1nn(CCC(=O)O)c(C)c1S(=O)(=O)N1CC=CCC1. The van der Waals surface area contributed by atoms with E-state index in [2.05, 4.69) is 5.10 Å². The quantitative estimate of drug-likeness (QED) is 0.816. The van der Waals surface area contributed by atoms with Crippen LogP contribution in [0.1, 0.15) is 24.2 Å². The van der Waals surface area contributed by atoms with E-state index in [-0.39, 0.29) is 17.9 Å². The number of aliphatic carboxylic acids is 1. The third-order valence-electron chi connectivity index (χ3n) is 3.47. The first kappa shape index (κ1) is 15.7. The standard InChI is InChI=1S/C13H19N3O4S/c1-10-13(11(2)16(14-10)9-6-12(17)18)21(19,20)15-7-4-3-5-8-15/h3-4H,5-9H2,1-2H3,(H,17,18). The van der Waals surface area contributed by atoms with Gasteiger partial charge < -0.3 is 5.11 Å². The number of hydrogen-bond acceptors (Lipinski definition) is 4. The minimum atomic E-state index is -3.59. The molecule has 0 fully saturated rings. The minimum Gasteiger partial charge on any atom is -0.481 e. The Morgan fingerprint density at radius 3 is 2.67 bits per heavy atom. The van der Waals surface area contributed by atoms with E-state index in [0.29, 0.717) is 30.9 Å². The van der Waals surface area contributed by atoms with Crippen LogP contribution >= 0.6 is 0 Å². The monoisotopic (exact) mass is 313 g/mol. The number of rotatable bonds is 5. The van der Waals surface area contributed by atoms with Crippen LogP contribution in [-0.2, 0) is 21.4 Å². The first-order valence-electron chi connectivity index (χ1n) is 6.75. The van der Waals surface area contributed by atoms with Crippen molar-refractivity contribution in [2.75, 3.05) is 13.1 Å². The molecule has 1 N–H and O–H groups in total. The van der Waals surface area contributed by atoms with Crippen LogP contribution in [0.15, 0.2) is 17.0 Å². The number of nitrogens with zero attached hydrogens (tertiary/aromatic N) is 3. The van der Waals surface area contributed by atoms with Crippen LogP contribution in [0, 0.1) is 13.8 Å². The van der Waals surface area contributed by atoms with E-state index in [4.69, 9.17) is 5.11 Å². The van der Waals surface area contributed by atoms with Gasteiger partial charge in [0.15, 0.2) is 0 Å². The van der Waals surface area contributed by atoms with Gasteiger partial charge in [-0.2, -0.15) is 9.40 Å². The van der Waals surface area contributed by atoms with E-state index in [9.17, 15) is 13.2 Å². The molecule has 0 amide bonds. The molecule has 0 atom stereocenters. The summed E-state index contributed by atoms with van der Waals surface area (Å²) < 4.78 is 28.3. The number of hydrogen-bond donors (Lipinski definition) is 1. The van der Waals surface area contributed by atoms with Gasteiger partial charge in [0.25, 0.3) is 0 Å². The Hall–Kier alpha value is -1.67. The van der Waals surface area contributed by atoms with Crippen LogP contribution in [0.5, 0.6) is 0 Å². The topological polar surface area (TPSA) is 92.5 Å². The van der Waals surface area contributed by atoms with E-state index >= 15 is 0 Å². The lowest BCUT2D eigenvalue weighted by atomic mass is 10.3. The van der Waals surface area contributed by atoms with Gasteiger partial charge in [0.05, 0.1) is 24.4 Å². The number of aromatic nitrogens is 2. The fraction of sp³-hybridized carbons (Fsp3) is 0.538. The van der Waals surface area contributed by atoms with E-state index in [1.165, 1.54) is 8.99 Å². The molecule has 0 bridgehead atoms. The van der Waals surface area contributed by atoms with Crippen LogP contribution in [0.4, 0.5) is 0 Å². The first-order valence-corrected chi connectivity index (χ1v) is 8.19. The zero-order valence-corrected chi connectivity index (χ0v) is 12.9. The third-order valence-corrected chi connectivity index (χ3v) is 5.59. The Kier molecular flexibility index (Phi) is 4.48. The molecule has 0 radical (unpaired) electrons. The van der Waals surface area contributed by atoms with Gasteiger partial charge in [-0.25, -0.2) is 8.42 Å². The zero-order valence-electron chi connectivity index (χ0n) is 12.1. The molecule has 1 aromatic rings. The first-order chi connectivity index (χ1) is 9.84. The van der Waals surface area contributed by atoms with Gasteiger partial charge in [-0.1, -0.05) is 12.2 Å². The van der Waals surface area contributed by atoms with Crippen molar-refractivity contribution in [3.8, 4) is 0 Å². The molecule has 0 unspecified atom stereocenters. The molecule has 0 saturated heterocycles. The fourth-order valence-corrected chi connectivity index (χ4v) is 4.22. The molecule has 2 heterocycles. The predicted octanol–water partition coefficient (Wildman–Crippen LogP) is 0.925. The summed E-state index contributed by atoms with van der Waals surface area (Å²) in [7, 11) is -3.59. The van der Waals surface area contributed by atoms with Crippen molar-refractivity contribution < 1.29 is 18.3 Å². The summed E-state index contributed by atoms with van der Waals surface area (Å²) in [5.74, 6) is -0.937. The minimum absolute atomic E-state index is 0.0894. The smallest absolute Gasteiger partial charge is 0.305 e. The van der Waals surface area contributed by atoms with Crippen molar-refractivity contribution in [3.05, 3.63) is 23.5 Å². The second-order valence-electron chi connectivity index (χ2n) is 4.99. The van der Waals surface area contributed by atoms with Crippen LogP contribution in [0.2, 0.25) is 0 Å². The van der Waals surface area contributed by atoms with E-state index < -0.39 is 16.0 Å². The van der Waals surface area contributed by atoms with Gasteiger partial charge in [-0.3, -0.25) is 9.48 Å². The molecule has 21 heavy (non-hydrogen) atoms. The third kappa shape index (κ3) is 3.16. The second-order valence-corrected chi connectivity index (χ2v) is 6.86. The highest BCUT2D eigenvalue weighted by atomic mass is 32.2. The van der Waals surface area contributed by atoms with E-state index in [0.717, 1.165) is 0 Å². The lowest BCUT2D eigenvalue weighted by Gasteiger charge is -2.22. The average Bonchev–Trinajstić information content (AvgIpc) is 2.72. The summed E-state index contributed by atoms with van der Waals surface area (Å²) in [6.07, 6.45) is 4.40. The summed E-state index contributed by atoms with van der Waals surface area (Å²) in [6, 6.07) is 0. The molecule has 0 spiro atoms. The molecular weight excluding hydrogens is 294 g/mol. The maximum Gasteiger partial charge on any atom is 0.305 e. The molecular formula is C13H19N3O4S. The number of carboxylic acid groups (broad SMARTS) is 1. The number of carbonyl (C=O) groups is 1. The van der Waals surface area contributed by atoms with Gasteiger partial charge in [0, 0.05) is 13.1 Å². The highest BCUT2D eigenvalue weighted by Crippen LogP contribution is 2.24. The lowest BCUT2D eigenvalue weighted by molar-refractivity contribution is -0.137. The summed E-state index contributed by atoms with van der Waals surface area (Å²) >= 11 is 0. The van der Waals surface area contributed by atoms with E-state index in [1.54, 1.807) is 13.8 Å². The van der Waals surface area contributed by atoms with Gasteiger partial charge in [-0.15, -0.1) is 0 Å². The maximum atomic E-state index is 12.7. The molecule has 1 aromatic heterocycles. The van der Waals surface area contributed by atoms with Gasteiger partial charge in [0.2, 0.25) is 10.0 Å². The molecule has 0 saturated carbocycles. The number of sulfonamides is 1. The van der Waals surface area contributed by atoms with Crippen molar-refractivity contribution in [1.82, 2.24) is 14.1 Å². The summed E-state index contributed by atoms with van der Waals surface area (Å²) in [5.41, 5.74) is 0.899. The zero-order chi connectivity index (χ0) is 15.6. The maximum absolute atomic E-state index is 12.7. The molecule has 7 nitrogen and oxygen atoms in total. The Morgan fingerprint density at radius 2 is 2.10 bits per heavy atom. The molecule has 0 aromatic carbocycles. The Morgan fingerprint density at radius 1 is 1.38 bits per heavy atom. The van der Waals surface area contributed by atoms with Crippen LogP contribution in [-0.4, -0.2) is 46.7 Å². The lowest BCUT2D eigenvalue weighted by Crippen LogP contribution is -2.34. The van der Waals surface area contributed by atoms with Crippen molar-refractivity contribution in [2.45, 2.75) is 38.1 Å². The van der Waals surface area contributed by atoms with Crippen molar-refractivity contribution in [3.63, 3.8) is 0 Å². The average molecular weight is 313 g/mol. The molecule has 1 aliphatic heterocycles. The summed E-state index contributed by atoms with van der Waals surface area (Å²) in [6.45, 7) is 4.28. The van der Waals surface area contributed by atoms with E-state index in [1.807, 2.05) is 12.2 Å². The van der Waals surface area contributed by atoms with Gasteiger partial charge >= 0.3 is 5.97 Å². The summed E-state index contributed by atoms with van der Waals surface area (Å²) in [4.78, 5) is 10.8. The molecule has 1 aliphatic rings. The molecule has 2 rings (SSSR count). The normalized spacial score (nSPS) is 16.3. The highest BCUT2D eigenvalue weighted by molar-refractivity contribution is 7.89. The summed E-state index contributed by atoms with van der Waals surface area (Å²) in [5, 5.41) is 12.9. The number of aryl methyl sites for hydroxylation is 2. The fourth-order valence-electron chi connectivity index (χ4n) is 2.44. The molecule has 8 heteroatoms. The van der Waals surface area contributed by atoms with Crippen LogP contribution in [0.25, 0.3) is 0 Å². The van der Waals surface area contributed by atoms with Crippen molar-refractivity contribution in [2.24, 2.45) is 0 Å². The van der Waals surface area contributed by atoms with Gasteiger partial charge in [0.1, 0.15) is 4.90 Å². The Bertz CT molecular complexity index is 676. The molecule has 116 valence electrons. The largest absolute Gasteiger partial charge is 0.481 e. The highest BCUT2D eigenvalue weighted by Gasteiger charge is 2.30. The predicted molar refractivity (Wildman–Crippen MR) is 76.5 cm³/mol. The van der Waals surface area contributed by atoms with Gasteiger partial charge in [-0.05, 0) is 20.3 Å². The Labute approximate surface area is 123 Å². The van der Waals surface area contributed by atoms with Crippen molar-refractivity contribution >= 4 is 16.0 Å². The van der Waals surface area contributed by atoms with Crippen LogP contribution < -0.4 is 0 Å². The van der Waals surface area contributed by atoms with Crippen LogP contribution in [0.3, 0.4) is 0 Å². The second kappa shape index (κ2) is 5.98. The molecule has 0 aliphatic carbocycles. The van der Waals surface area contributed by atoms with Crippen molar-refractivity contribution in [1.29, 1.82) is 0 Å². The Balaban J connectivity index is 2.35.